The van der Waals surface area contributed by atoms with Crippen LogP contribution in [0.4, 0.5) is 5.69 Å². The summed E-state index contributed by atoms with van der Waals surface area (Å²) in [6, 6.07) is 9.34. The van der Waals surface area contributed by atoms with Crippen molar-refractivity contribution in [1.29, 1.82) is 0 Å². The number of hydroxylamine groups is 2. The number of piperazine rings is 1. The van der Waals surface area contributed by atoms with Crippen LogP contribution < -0.4 is 9.64 Å². The lowest BCUT2D eigenvalue weighted by atomic mass is 10.2. The molecule has 4 rings (SSSR count). The van der Waals surface area contributed by atoms with Crippen molar-refractivity contribution in [3.8, 4) is 5.88 Å². The van der Waals surface area contributed by atoms with Gasteiger partial charge >= 0.3 is 5.97 Å². The number of aryl methyl sites for hydroxylation is 1. The Labute approximate surface area is 167 Å². The third-order valence-corrected chi connectivity index (χ3v) is 4.60. The molecule has 0 aromatic carbocycles. The first-order valence-electron chi connectivity index (χ1n) is 9.24. The Bertz CT molecular complexity index is 1050. The van der Waals surface area contributed by atoms with Crippen molar-refractivity contribution >= 4 is 28.6 Å². The van der Waals surface area contributed by atoms with Gasteiger partial charge < -0.3 is 19.0 Å². The number of ether oxygens (including phenoxy) is 1. The molecule has 0 aliphatic carbocycles. The summed E-state index contributed by atoms with van der Waals surface area (Å²) < 4.78 is 7.62. The normalized spacial score (nSPS) is 15.0. The Kier molecular flexibility index (Phi) is 5.13. The Hall–Kier alpha value is -3.46. The topological polar surface area (TPSA) is 89.8 Å². The second-order valence-corrected chi connectivity index (χ2v) is 6.75. The Balaban J connectivity index is 1.53. The molecule has 1 fully saturated rings. The third kappa shape index (κ3) is 4.04. The molecule has 1 aliphatic heterocycles. The number of aromatic nitrogens is 3. The second-order valence-electron chi connectivity index (χ2n) is 6.75. The standard InChI is InChI=1S/C20H21N5O4/c1-14(26)29-24-9-10-25(19(27)12-24)17-11-23(2)20-16(17)6-7-18(22-20)28-13-15-5-3-4-8-21-15/h3-8,11H,9-10,12-13H2,1-2H3. The number of nitrogens with zero attached hydrogens (tertiary/aromatic N) is 5. The van der Waals surface area contributed by atoms with Crippen LogP contribution in [0.2, 0.25) is 0 Å². The molecule has 0 N–H and O–H groups in total. The molecule has 9 heteroatoms. The maximum absolute atomic E-state index is 12.6. The molecule has 3 aromatic rings. The number of amides is 1. The number of hydrogen-bond donors (Lipinski definition) is 0. The number of carbonyl (C=O) groups is 2. The smallest absolute Gasteiger partial charge is 0.322 e. The predicted octanol–water partition coefficient (Wildman–Crippen LogP) is 1.67. The molecule has 0 radical (unpaired) electrons. The summed E-state index contributed by atoms with van der Waals surface area (Å²) in [6.45, 7) is 2.53. The molecule has 0 spiro atoms. The molecular weight excluding hydrogens is 374 g/mol. The molecule has 0 saturated carbocycles. The summed E-state index contributed by atoms with van der Waals surface area (Å²) in [5.74, 6) is -0.0822. The average molecular weight is 395 g/mol. The van der Waals surface area contributed by atoms with E-state index in [0.717, 1.165) is 16.8 Å². The van der Waals surface area contributed by atoms with Gasteiger partial charge in [-0.25, -0.2) is 0 Å². The van der Waals surface area contributed by atoms with Gasteiger partial charge in [-0.1, -0.05) is 6.07 Å². The number of hydrogen-bond acceptors (Lipinski definition) is 7. The van der Waals surface area contributed by atoms with Gasteiger partial charge in [0.1, 0.15) is 18.8 Å². The van der Waals surface area contributed by atoms with Gasteiger partial charge in [0, 0.05) is 44.4 Å². The number of anilines is 1. The van der Waals surface area contributed by atoms with E-state index in [-0.39, 0.29) is 12.5 Å². The quantitative estimate of drug-likeness (QED) is 0.649. The van der Waals surface area contributed by atoms with Crippen LogP contribution in [0.25, 0.3) is 11.0 Å². The Morgan fingerprint density at radius 3 is 2.79 bits per heavy atom. The molecule has 4 heterocycles. The molecule has 29 heavy (non-hydrogen) atoms. The van der Waals surface area contributed by atoms with Crippen molar-refractivity contribution in [3.63, 3.8) is 0 Å². The summed E-state index contributed by atoms with van der Waals surface area (Å²) in [5, 5.41) is 2.24. The molecule has 0 bridgehead atoms. The molecule has 1 saturated heterocycles. The zero-order valence-electron chi connectivity index (χ0n) is 16.2. The van der Waals surface area contributed by atoms with Crippen LogP contribution in [-0.4, -0.2) is 51.1 Å². The maximum Gasteiger partial charge on any atom is 0.322 e. The minimum atomic E-state index is -0.432. The number of pyridine rings is 2. The van der Waals surface area contributed by atoms with E-state index in [2.05, 4.69) is 9.97 Å². The van der Waals surface area contributed by atoms with Crippen molar-refractivity contribution in [2.45, 2.75) is 13.5 Å². The van der Waals surface area contributed by atoms with Crippen LogP contribution in [0.15, 0.2) is 42.7 Å². The molecule has 3 aromatic heterocycles. The summed E-state index contributed by atoms with van der Waals surface area (Å²) in [6.07, 6.45) is 3.59. The number of fused-ring (bicyclic) bond motifs is 1. The van der Waals surface area contributed by atoms with Crippen LogP contribution in [-0.2, 0) is 28.1 Å². The highest BCUT2D eigenvalue weighted by Gasteiger charge is 2.29. The lowest BCUT2D eigenvalue weighted by Gasteiger charge is -2.32. The molecule has 1 amide bonds. The van der Waals surface area contributed by atoms with Gasteiger partial charge in [-0.15, -0.1) is 5.06 Å². The first-order valence-corrected chi connectivity index (χ1v) is 9.24. The van der Waals surface area contributed by atoms with Crippen molar-refractivity contribution < 1.29 is 19.2 Å². The van der Waals surface area contributed by atoms with E-state index in [4.69, 9.17) is 9.57 Å². The zero-order chi connectivity index (χ0) is 20.4. The summed E-state index contributed by atoms with van der Waals surface area (Å²) in [4.78, 5) is 39.2. The van der Waals surface area contributed by atoms with E-state index < -0.39 is 5.97 Å². The van der Waals surface area contributed by atoms with Crippen LogP contribution in [0, 0.1) is 0 Å². The molecular formula is C20H21N5O4. The first kappa shape index (κ1) is 18.9. The van der Waals surface area contributed by atoms with Crippen LogP contribution in [0.3, 0.4) is 0 Å². The van der Waals surface area contributed by atoms with Crippen LogP contribution in [0.1, 0.15) is 12.6 Å². The van der Waals surface area contributed by atoms with Gasteiger partial charge in [0.15, 0.2) is 0 Å². The summed E-state index contributed by atoms with van der Waals surface area (Å²) in [5.41, 5.74) is 2.31. The van der Waals surface area contributed by atoms with Crippen molar-refractivity contribution in [2.24, 2.45) is 7.05 Å². The van der Waals surface area contributed by atoms with Gasteiger partial charge in [-0.2, -0.15) is 4.98 Å². The van der Waals surface area contributed by atoms with Gasteiger partial charge in [0.05, 0.1) is 17.9 Å². The minimum Gasteiger partial charge on any atom is -0.471 e. The van der Waals surface area contributed by atoms with E-state index in [1.165, 1.54) is 12.0 Å². The van der Waals surface area contributed by atoms with E-state index in [1.54, 1.807) is 17.2 Å². The van der Waals surface area contributed by atoms with E-state index >= 15 is 0 Å². The first-order chi connectivity index (χ1) is 14.0. The Morgan fingerprint density at radius 1 is 1.21 bits per heavy atom. The molecule has 0 unspecified atom stereocenters. The van der Waals surface area contributed by atoms with Gasteiger partial charge in [0.2, 0.25) is 11.8 Å². The van der Waals surface area contributed by atoms with Gasteiger partial charge in [0.25, 0.3) is 0 Å². The monoisotopic (exact) mass is 395 g/mol. The second kappa shape index (κ2) is 7.88. The highest BCUT2D eigenvalue weighted by atomic mass is 16.7. The summed E-state index contributed by atoms with van der Waals surface area (Å²) >= 11 is 0. The third-order valence-electron chi connectivity index (χ3n) is 4.60. The van der Waals surface area contributed by atoms with E-state index in [9.17, 15) is 9.59 Å². The zero-order valence-corrected chi connectivity index (χ0v) is 16.2. The largest absolute Gasteiger partial charge is 0.471 e. The highest BCUT2D eigenvalue weighted by molar-refractivity contribution is 6.03. The van der Waals surface area contributed by atoms with E-state index in [1.807, 2.05) is 42.1 Å². The average Bonchev–Trinajstić information content (AvgIpc) is 3.03. The Morgan fingerprint density at radius 2 is 2.07 bits per heavy atom. The van der Waals surface area contributed by atoms with Crippen molar-refractivity contribution in [3.05, 3.63) is 48.4 Å². The fourth-order valence-electron chi connectivity index (χ4n) is 3.31. The van der Waals surface area contributed by atoms with Gasteiger partial charge in [-0.3, -0.25) is 14.6 Å². The number of rotatable bonds is 5. The number of carbonyl (C=O) groups excluding carboxylic acids is 2. The lowest BCUT2D eigenvalue weighted by molar-refractivity contribution is -0.190. The molecule has 150 valence electrons. The molecule has 1 aliphatic rings. The van der Waals surface area contributed by atoms with E-state index in [0.29, 0.717) is 31.2 Å². The minimum absolute atomic E-state index is 0.0225. The molecule has 9 nitrogen and oxygen atoms in total. The summed E-state index contributed by atoms with van der Waals surface area (Å²) in [7, 11) is 1.88. The lowest BCUT2D eigenvalue weighted by Crippen LogP contribution is -2.50. The maximum atomic E-state index is 12.6. The predicted molar refractivity (Wildman–Crippen MR) is 105 cm³/mol. The highest BCUT2D eigenvalue weighted by Crippen LogP contribution is 2.30. The molecule has 0 atom stereocenters. The van der Waals surface area contributed by atoms with Crippen molar-refractivity contribution in [1.82, 2.24) is 19.6 Å². The van der Waals surface area contributed by atoms with Gasteiger partial charge in [-0.05, 0) is 18.2 Å². The fourth-order valence-corrected chi connectivity index (χ4v) is 3.31. The fraction of sp³-hybridized carbons (Fsp3) is 0.300. The van der Waals surface area contributed by atoms with Crippen molar-refractivity contribution in [2.75, 3.05) is 24.5 Å². The SMILES string of the molecule is CC(=O)ON1CCN(c2cn(C)c3nc(OCc4ccccn4)ccc23)C(=O)C1. The van der Waals surface area contributed by atoms with Crippen LogP contribution in [0.5, 0.6) is 5.88 Å². The van der Waals surface area contributed by atoms with Crippen LogP contribution >= 0.6 is 0 Å².